The number of hydrogen-bond donors (Lipinski definition) is 1. The second-order valence-corrected chi connectivity index (χ2v) is 16.9. The molecule has 1 aliphatic carbocycles. The van der Waals surface area contributed by atoms with Gasteiger partial charge < -0.3 is 4.90 Å². The summed E-state index contributed by atoms with van der Waals surface area (Å²) in [6.45, 7) is 19.7. The van der Waals surface area contributed by atoms with Gasteiger partial charge in [-0.25, -0.2) is 0 Å². The van der Waals surface area contributed by atoms with Crippen LogP contribution >= 0.6 is 0 Å². The Morgan fingerprint density at radius 3 is 1.89 bits per heavy atom. The third kappa shape index (κ3) is 8.06. The van der Waals surface area contributed by atoms with Crippen LogP contribution in [0, 0.1) is 36.5 Å². The van der Waals surface area contributed by atoms with E-state index in [9.17, 15) is 0 Å². The Hall–Kier alpha value is -4.96. The zero-order valence-corrected chi connectivity index (χ0v) is 34.4. The van der Waals surface area contributed by atoms with Crippen molar-refractivity contribution < 1.29 is 4.80 Å². The molecule has 7 rings (SSSR count). The Bertz CT molecular complexity index is 2280. The summed E-state index contributed by atoms with van der Waals surface area (Å²) in [5.41, 5.74) is 13.4. The lowest BCUT2D eigenvalue weighted by Gasteiger charge is -2.30. The van der Waals surface area contributed by atoms with E-state index in [-0.39, 0.29) is 0 Å². The number of para-hydroxylation sites is 2. The van der Waals surface area contributed by atoms with Crippen LogP contribution in [0.4, 0.5) is 17.1 Å². The number of aryl methyl sites for hydroxylation is 1. The number of aromatic nitrogens is 3. The van der Waals surface area contributed by atoms with E-state index in [0.29, 0.717) is 29.6 Å². The molecule has 0 amide bonds. The zero-order valence-electron chi connectivity index (χ0n) is 34.4. The van der Waals surface area contributed by atoms with E-state index >= 15 is 0 Å². The van der Waals surface area contributed by atoms with Gasteiger partial charge in [-0.1, -0.05) is 138 Å². The average molecular weight is 730 g/mol. The van der Waals surface area contributed by atoms with Gasteiger partial charge in [0.1, 0.15) is 5.52 Å². The smallest absolute Gasteiger partial charge is 0.203 e. The lowest BCUT2D eigenvalue weighted by molar-refractivity contribution is -0.804. The van der Waals surface area contributed by atoms with Crippen molar-refractivity contribution in [2.24, 2.45) is 29.6 Å². The van der Waals surface area contributed by atoms with Gasteiger partial charge in [-0.2, -0.15) is 0 Å². The van der Waals surface area contributed by atoms with E-state index in [2.05, 4.69) is 185 Å². The highest BCUT2D eigenvalue weighted by Gasteiger charge is 2.29. The molecule has 0 spiro atoms. The summed E-state index contributed by atoms with van der Waals surface area (Å²) in [4.78, 5) is 4.44. The highest BCUT2D eigenvalue weighted by atomic mass is 15.5. The molecule has 284 valence electrons. The Morgan fingerprint density at radius 1 is 0.745 bits per heavy atom. The van der Waals surface area contributed by atoms with Gasteiger partial charge in [-0.05, 0) is 125 Å². The van der Waals surface area contributed by atoms with Crippen molar-refractivity contribution in [3.63, 3.8) is 0 Å². The summed E-state index contributed by atoms with van der Waals surface area (Å²) >= 11 is 0. The molecule has 1 N–H and O–H groups in total. The predicted octanol–water partition coefficient (Wildman–Crippen LogP) is 12.1. The number of hydrogen-bond acceptors (Lipinski definition) is 2. The number of nitrogens with one attached hydrogen (secondary N) is 1. The molecule has 1 heterocycles. The summed E-state index contributed by atoms with van der Waals surface area (Å²) in [7, 11) is 0. The first-order valence-electron chi connectivity index (χ1n) is 20.9. The molecule has 4 heteroatoms. The maximum absolute atomic E-state index is 5.47. The molecule has 5 aromatic carbocycles. The van der Waals surface area contributed by atoms with Crippen molar-refractivity contribution in [3.05, 3.63) is 125 Å². The molecule has 4 nitrogen and oxygen atoms in total. The van der Waals surface area contributed by atoms with E-state index in [4.69, 9.17) is 5.10 Å². The number of anilines is 3. The van der Waals surface area contributed by atoms with Gasteiger partial charge in [-0.3, -0.25) is 0 Å². The minimum atomic E-state index is 0.454. The van der Waals surface area contributed by atoms with Crippen molar-refractivity contribution in [2.75, 3.05) is 4.90 Å². The standard InChI is InChI=1S/C51H61N4/c1-9-38-25-26-42(31-34(3)4)37(8)39(10-2)32-46-47(38)49(51-50(52-54(53-51)33-35(5)6)48(46)40-23-21-36(7)22-24-40)41-27-29-45(30-28-41)55(43-17-13-11-14-18-43)44-19-15-12-16-20-44/h11-24,27-30,32,34-35,37,39,42H,9-10,25-26,31,33H2,1-8H3,(H,52,53)/q+1. The average Bonchev–Trinajstić information content (AvgIpc) is 3.61. The van der Waals surface area contributed by atoms with Gasteiger partial charge in [-0.15, -0.1) is 5.10 Å². The third-order valence-electron chi connectivity index (χ3n) is 11.9. The molecular formula is C51H61N4+. The lowest BCUT2D eigenvalue weighted by Crippen LogP contribution is -2.41. The lowest BCUT2D eigenvalue weighted by atomic mass is 9.75. The molecule has 55 heavy (non-hydrogen) atoms. The van der Waals surface area contributed by atoms with E-state index < -0.39 is 0 Å². The Kier molecular flexibility index (Phi) is 11.7. The summed E-state index contributed by atoms with van der Waals surface area (Å²) in [6, 6.07) is 39.9. The number of H-pyrrole nitrogens is 1. The molecule has 0 fully saturated rings. The van der Waals surface area contributed by atoms with Gasteiger partial charge in [0.2, 0.25) is 6.54 Å². The number of rotatable bonds is 11. The van der Waals surface area contributed by atoms with Crippen LogP contribution in [0.15, 0.2) is 109 Å². The fourth-order valence-corrected chi connectivity index (χ4v) is 9.13. The first-order chi connectivity index (χ1) is 26.7. The zero-order chi connectivity index (χ0) is 38.6. The van der Waals surface area contributed by atoms with Crippen LogP contribution in [0.1, 0.15) is 86.1 Å². The molecule has 0 aliphatic heterocycles. The third-order valence-corrected chi connectivity index (χ3v) is 11.9. The summed E-state index contributed by atoms with van der Waals surface area (Å²) in [6.07, 6.45) is 8.43. The minimum absolute atomic E-state index is 0.454. The Balaban J connectivity index is 1.57. The van der Waals surface area contributed by atoms with Crippen LogP contribution in [-0.2, 0) is 6.54 Å². The van der Waals surface area contributed by atoms with Crippen LogP contribution in [0.3, 0.4) is 0 Å². The summed E-state index contributed by atoms with van der Waals surface area (Å²) in [5.74, 6) is 2.87. The predicted molar refractivity (Wildman–Crippen MR) is 234 cm³/mol. The van der Waals surface area contributed by atoms with Gasteiger partial charge in [0.15, 0.2) is 5.52 Å². The number of benzene rings is 5. The fourth-order valence-electron chi connectivity index (χ4n) is 9.13. The van der Waals surface area contributed by atoms with E-state index in [1.54, 1.807) is 5.57 Å². The minimum Gasteiger partial charge on any atom is -0.311 e. The van der Waals surface area contributed by atoms with Gasteiger partial charge in [0.25, 0.3) is 0 Å². The fraction of sp³-hybridized carbons (Fsp3) is 0.373. The molecule has 0 radical (unpaired) electrons. The monoisotopic (exact) mass is 729 g/mol. The molecule has 6 aromatic rings. The van der Waals surface area contributed by atoms with Gasteiger partial charge in [0, 0.05) is 39.2 Å². The largest absolute Gasteiger partial charge is 0.311 e. The van der Waals surface area contributed by atoms with E-state index in [1.807, 2.05) is 0 Å². The first-order valence-corrected chi connectivity index (χ1v) is 20.9. The van der Waals surface area contributed by atoms with E-state index in [0.717, 1.165) is 53.9 Å². The number of nitrogens with zero attached hydrogens (tertiary/aromatic N) is 3. The molecule has 0 saturated heterocycles. The van der Waals surface area contributed by atoms with Crippen molar-refractivity contribution >= 4 is 39.7 Å². The van der Waals surface area contributed by atoms with Gasteiger partial charge in [0.05, 0.1) is 0 Å². The normalized spacial score (nSPS) is 17.5. The molecule has 1 aromatic heterocycles. The molecule has 0 saturated carbocycles. The second kappa shape index (κ2) is 16.8. The van der Waals surface area contributed by atoms with Crippen molar-refractivity contribution in [1.29, 1.82) is 0 Å². The molecule has 3 atom stereocenters. The first kappa shape index (κ1) is 38.3. The molecule has 0 bridgehead atoms. The van der Waals surface area contributed by atoms with Crippen LogP contribution in [0.2, 0.25) is 0 Å². The maximum atomic E-state index is 5.47. The Labute approximate surface area is 329 Å². The number of fused-ring (bicyclic) bond motifs is 2. The quantitative estimate of drug-likeness (QED) is 0.135. The topological polar surface area (TPSA) is 35.8 Å². The van der Waals surface area contributed by atoms with Gasteiger partial charge >= 0.3 is 0 Å². The molecular weight excluding hydrogens is 669 g/mol. The van der Waals surface area contributed by atoms with Crippen LogP contribution < -0.4 is 20.1 Å². The van der Waals surface area contributed by atoms with Crippen molar-refractivity contribution in [2.45, 2.75) is 94.0 Å². The molecule has 3 unspecified atom stereocenters. The van der Waals surface area contributed by atoms with Crippen molar-refractivity contribution in [1.82, 2.24) is 10.2 Å². The van der Waals surface area contributed by atoms with Crippen LogP contribution in [-0.4, -0.2) is 10.2 Å². The molecule has 1 aliphatic rings. The second-order valence-electron chi connectivity index (χ2n) is 16.9. The highest BCUT2D eigenvalue weighted by Crippen LogP contribution is 2.39. The van der Waals surface area contributed by atoms with E-state index in [1.165, 1.54) is 51.1 Å². The van der Waals surface area contributed by atoms with Crippen LogP contribution in [0.25, 0.3) is 44.9 Å². The Morgan fingerprint density at radius 2 is 1.33 bits per heavy atom. The highest BCUT2D eigenvalue weighted by molar-refractivity contribution is 6.01. The van der Waals surface area contributed by atoms with Crippen molar-refractivity contribution in [3.8, 4) is 22.3 Å². The van der Waals surface area contributed by atoms with Crippen LogP contribution in [0.5, 0.6) is 0 Å². The number of aromatic amines is 1. The summed E-state index contributed by atoms with van der Waals surface area (Å²) < 4.78 is 0. The maximum Gasteiger partial charge on any atom is 0.203 e. The summed E-state index contributed by atoms with van der Waals surface area (Å²) in [5, 5.41) is 12.1. The SMILES string of the molecule is CCC1=c2c(-c3ccc(N(c4ccccc4)c4ccccc4)cc3)c3n[n+](CC(C)C)[nH]c3c(-c3ccc(C)cc3)c2=CC(CC)C(C)C(CC(C)C)CC1.